The molecule has 0 aliphatic carbocycles. The first-order valence-electron chi connectivity index (χ1n) is 8.64. The second-order valence-electron chi connectivity index (χ2n) is 6.57. The van der Waals surface area contributed by atoms with Crippen LogP contribution < -0.4 is 10.2 Å². The molecule has 3 aromatic rings. The molecule has 1 fully saturated rings. The fraction of sp³-hybridized carbons (Fsp3) is 0.316. The van der Waals surface area contributed by atoms with Crippen molar-refractivity contribution in [3.05, 3.63) is 47.3 Å². The van der Waals surface area contributed by atoms with Gasteiger partial charge in [-0.2, -0.15) is 0 Å². The molecule has 4 rings (SSSR count). The molecule has 26 heavy (non-hydrogen) atoms. The normalized spacial score (nSPS) is 15.4. The van der Waals surface area contributed by atoms with Gasteiger partial charge in [0.05, 0.1) is 0 Å². The van der Waals surface area contributed by atoms with Crippen LogP contribution in [0.5, 0.6) is 0 Å². The van der Waals surface area contributed by atoms with Gasteiger partial charge >= 0.3 is 0 Å². The minimum absolute atomic E-state index is 0.0116. The number of piperidine rings is 1. The number of anilines is 2. The van der Waals surface area contributed by atoms with E-state index in [1.165, 1.54) is 0 Å². The topological polar surface area (TPSA) is 71.3 Å². The Labute approximate surface area is 156 Å². The smallest absolute Gasteiger partial charge is 0.228 e. The number of aryl methyl sites for hydroxylation is 1. The maximum Gasteiger partial charge on any atom is 0.228 e. The van der Waals surface area contributed by atoms with Crippen molar-refractivity contribution >= 4 is 39.9 Å². The number of carbonyl (C=O) groups excluding carboxylic acids is 1. The molecule has 0 radical (unpaired) electrons. The molecule has 134 valence electrons. The third kappa shape index (κ3) is 3.37. The highest BCUT2D eigenvalue weighted by molar-refractivity contribution is 6.34. The van der Waals surface area contributed by atoms with E-state index in [2.05, 4.69) is 26.4 Å². The lowest BCUT2D eigenvalue weighted by molar-refractivity contribution is -0.120. The third-order valence-electron chi connectivity index (χ3n) is 4.75. The van der Waals surface area contributed by atoms with Crippen molar-refractivity contribution in [2.45, 2.75) is 19.8 Å². The number of benzene rings is 1. The molecule has 1 N–H and O–H groups in total. The SMILES string of the molecule is Cc1cc(NC(=O)C2CCN(c3cc4ccccc4c(Cl)n3)CC2)no1. The molecule has 0 spiro atoms. The van der Waals surface area contributed by atoms with E-state index in [-0.39, 0.29) is 11.8 Å². The number of fused-ring (bicyclic) bond motifs is 1. The number of carbonyl (C=O) groups is 1. The van der Waals surface area contributed by atoms with Crippen LogP contribution in [0.1, 0.15) is 18.6 Å². The highest BCUT2D eigenvalue weighted by atomic mass is 35.5. The van der Waals surface area contributed by atoms with Gasteiger partial charge in [-0.05, 0) is 31.2 Å². The molecule has 7 heteroatoms. The van der Waals surface area contributed by atoms with E-state index >= 15 is 0 Å². The summed E-state index contributed by atoms with van der Waals surface area (Å²) in [6.07, 6.45) is 1.52. The molecule has 3 heterocycles. The van der Waals surface area contributed by atoms with E-state index in [0.717, 1.165) is 42.5 Å². The van der Waals surface area contributed by atoms with Gasteiger partial charge in [-0.25, -0.2) is 4.98 Å². The Kier molecular flexibility index (Phi) is 4.51. The van der Waals surface area contributed by atoms with Crippen molar-refractivity contribution in [1.82, 2.24) is 10.1 Å². The lowest BCUT2D eigenvalue weighted by atomic mass is 9.96. The van der Waals surface area contributed by atoms with Gasteiger partial charge in [0.2, 0.25) is 5.91 Å². The predicted molar refractivity (Wildman–Crippen MR) is 102 cm³/mol. The molecule has 1 saturated heterocycles. The van der Waals surface area contributed by atoms with Crippen LogP contribution in [0.2, 0.25) is 5.15 Å². The average Bonchev–Trinajstić information content (AvgIpc) is 3.06. The largest absolute Gasteiger partial charge is 0.360 e. The van der Waals surface area contributed by atoms with Gasteiger partial charge in [0.15, 0.2) is 5.82 Å². The standard InChI is InChI=1S/C19H19ClN4O2/c1-12-10-16(23-26-12)21-19(25)13-6-8-24(9-7-13)17-11-14-4-2-3-5-15(14)18(20)22-17/h2-5,10-11,13H,6-9H2,1H3,(H,21,23,25). The zero-order valence-corrected chi connectivity index (χ0v) is 15.2. The zero-order chi connectivity index (χ0) is 18.1. The first-order chi connectivity index (χ1) is 12.6. The van der Waals surface area contributed by atoms with E-state index in [9.17, 15) is 4.79 Å². The quantitative estimate of drug-likeness (QED) is 0.704. The van der Waals surface area contributed by atoms with Crippen LogP contribution in [0.15, 0.2) is 40.9 Å². The third-order valence-corrected chi connectivity index (χ3v) is 5.04. The Morgan fingerprint density at radius 1 is 1.27 bits per heavy atom. The van der Waals surface area contributed by atoms with Gasteiger partial charge < -0.3 is 14.7 Å². The number of rotatable bonds is 3. The summed E-state index contributed by atoms with van der Waals surface area (Å²) < 4.78 is 4.98. The Hall–Kier alpha value is -2.60. The highest BCUT2D eigenvalue weighted by Crippen LogP contribution is 2.29. The molecule has 1 aliphatic rings. The number of halogens is 1. The lowest BCUT2D eigenvalue weighted by Crippen LogP contribution is -2.38. The Morgan fingerprint density at radius 2 is 2.04 bits per heavy atom. The number of amides is 1. The number of pyridine rings is 1. The molecule has 1 amide bonds. The zero-order valence-electron chi connectivity index (χ0n) is 14.4. The maximum absolute atomic E-state index is 12.4. The van der Waals surface area contributed by atoms with Crippen molar-refractivity contribution in [3.8, 4) is 0 Å². The molecule has 1 aromatic carbocycles. The molecule has 0 saturated carbocycles. The van der Waals surface area contributed by atoms with Crippen molar-refractivity contribution in [1.29, 1.82) is 0 Å². The van der Waals surface area contributed by atoms with Gasteiger partial charge in [0.25, 0.3) is 0 Å². The Bertz CT molecular complexity index is 948. The number of hydrogen-bond donors (Lipinski definition) is 1. The number of nitrogens with zero attached hydrogens (tertiary/aromatic N) is 3. The highest BCUT2D eigenvalue weighted by Gasteiger charge is 2.26. The minimum atomic E-state index is -0.0424. The van der Waals surface area contributed by atoms with Crippen LogP contribution in [-0.2, 0) is 4.79 Å². The van der Waals surface area contributed by atoms with Crippen molar-refractivity contribution in [2.24, 2.45) is 5.92 Å². The fourth-order valence-electron chi connectivity index (χ4n) is 3.33. The van der Waals surface area contributed by atoms with E-state index in [1.54, 1.807) is 13.0 Å². The summed E-state index contributed by atoms with van der Waals surface area (Å²) in [5.74, 6) is 1.95. The fourth-order valence-corrected chi connectivity index (χ4v) is 3.59. The summed E-state index contributed by atoms with van der Waals surface area (Å²) in [4.78, 5) is 19.1. The Balaban J connectivity index is 1.42. The minimum Gasteiger partial charge on any atom is -0.360 e. The van der Waals surface area contributed by atoms with Gasteiger partial charge in [-0.3, -0.25) is 4.79 Å². The molecule has 1 aliphatic heterocycles. The molecule has 6 nitrogen and oxygen atoms in total. The average molecular weight is 371 g/mol. The molecule has 0 atom stereocenters. The van der Waals surface area contributed by atoms with Crippen LogP contribution in [0, 0.1) is 12.8 Å². The molecular formula is C19H19ClN4O2. The van der Waals surface area contributed by atoms with Crippen molar-refractivity contribution < 1.29 is 9.32 Å². The number of aromatic nitrogens is 2. The first kappa shape index (κ1) is 16.8. The van der Waals surface area contributed by atoms with E-state index in [0.29, 0.717) is 16.7 Å². The van der Waals surface area contributed by atoms with Gasteiger partial charge in [-0.1, -0.05) is 41.0 Å². The lowest BCUT2D eigenvalue weighted by Gasteiger charge is -2.32. The number of hydrogen-bond acceptors (Lipinski definition) is 5. The maximum atomic E-state index is 12.4. The molecule has 2 aromatic heterocycles. The predicted octanol–water partition coefficient (Wildman–Crippen LogP) is 4.04. The van der Waals surface area contributed by atoms with Crippen molar-refractivity contribution in [3.63, 3.8) is 0 Å². The van der Waals surface area contributed by atoms with E-state index < -0.39 is 0 Å². The molecular weight excluding hydrogens is 352 g/mol. The Morgan fingerprint density at radius 3 is 2.77 bits per heavy atom. The summed E-state index contributed by atoms with van der Waals surface area (Å²) in [6, 6.07) is 11.7. The summed E-state index contributed by atoms with van der Waals surface area (Å²) in [5, 5.41) is 9.17. The van der Waals surface area contributed by atoms with Crippen LogP contribution in [0.25, 0.3) is 10.8 Å². The number of nitrogens with one attached hydrogen (secondary N) is 1. The van der Waals surface area contributed by atoms with Gasteiger partial charge in [0.1, 0.15) is 16.7 Å². The van der Waals surface area contributed by atoms with Crippen molar-refractivity contribution in [2.75, 3.05) is 23.3 Å². The van der Waals surface area contributed by atoms with Gasteiger partial charge in [0, 0.05) is 30.5 Å². The summed E-state index contributed by atoms with van der Waals surface area (Å²) >= 11 is 6.34. The second kappa shape index (κ2) is 6.96. The monoisotopic (exact) mass is 370 g/mol. The van der Waals surface area contributed by atoms with Gasteiger partial charge in [-0.15, -0.1) is 0 Å². The first-order valence-corrected chi connectivity index (χ1v) is 9.02. The van der Waals surface area contributed by atoms with Crippen LogP contribution >= 0.6 is 11.6 Å². The molecule has 0 bridgehead atoms. The van der Waals surface area contributed by atoms with Crippen LogP contribution in [0.3, 0.4) is 0 Å². The summed E-state index contributed by atoms with van der Waals surface area (Å²) in [6.45, 7) is 3.32. The van der Waals surface area contributed by atoms with E-state index in [4.69, 9.17) is 16.1 Å². The van der Waals surface area contributed by atoms with Crippen LogP contribution in [0.4, 0.5) is 11.6 Å². The summed E-state index contributed by atoms with van der Waals surface area (Å²) in [5.41, 5.74) is 0. The van der Waals surface area contributed by atoms with E-state index in [1.807, 2.05) is 24.3 Å². The second-order valence-corrected chi connectivity index (χ2v) is 6.92. The summed E-state index contributed by atoms with van der Waals surface area (Å²) in [7, 11) is 0. The molecule has 0 unspecified atom stereocenters. The van der Waals surface area contributed by atoms with Crippen LogP contribution in [-0.4, -0.2) is 29.1 Å².